The van der Waals surface area contributed by atoms with Crippen molar-refractivity contribution in [3.8, 4) is 0 Å². The summed E-state index contributed by atoms with van der Waals surface area (Å²) in [7, 11) is 0. The molecule has 0 bridgehead atoms. The number of thioether (sulfide) groups is 1. The number of nitrogens with one attached hydrogen (secondary N) is 1. The van der Waals surface area contributed by atoms with Crippen LogP contribution in [0.1, 0.15) is 32.4 Å². The third kappa shape index (κ3) is 4.89. The molecule has 1 N–H and O–H groups in total. The molecule has 0 aromatic heterocycles. The Balaban J connectivity index is 2.48. The minimum Gasteiger partial charge on any atom is -0.307 e. The first-order valence-corrected chi connectivity index (χ1v) is 7.67. The molecule has 2 unspecified atom stereocenters. The molecule has 0 fully saturated rings. The maximum Gasteiger partial charge on any atom is 0.0294 e. The van der Waals surface area contributed by atoms with E-state index in [1.807, 2.05) is 11.8 Å². The molecule has 1 rings (SSSR count). The Labute approximate surface area is 112 Å². The summed E-state index contributed by atoms with van der Waals surface area (Å²) in [6, 6.07) is 9.46. The Morgan fingerprint density at radius 3 is 2.75 bits per heavy atom. The summed E-state index contributed by atoms with van der Waals surface area (Å²) in [5, 5.41) is 3.62. The number of hydrogen-bond acceptors (Lipinski definition) is 2. The second-order valence-electron chi connectivity index (χ2n) is 4.00. The first-order valence-electron chi connectivity index (χ1n) is 5.72. The Hall–Kier alpha value is 0.01000. The molecule has 0 amide bonds. The normalized spacial score (nSPS) is 14.8. The fourth-order valence-corrected chi connectivity index (χ4v) is 2.74. The van der Waals surface area contributed by atoms with Crippen LogP contribution in [-0.4, -0.2) is 17.5 Å². The highest BCUT2D eigenvalue weighted by Crippen LogP contribution is 2.18. The summed E-state index contributed by atoms with van der Waals surface area (Å²) in [6.45, 7) is 6.67. The zero-order valence-corrected chi connectivity index (χ0v) is 12.6. The van der Waals surface area contributed by atoms with Crippen LogP contribution in [0.25, 0.3) is 0 Å². The molecule has 0 aliphatic heterocycles. The maximum atomic E-state index is 3.62. The molecule has 1 nitrogen and oxygen atoms in total. The Morgan fingerprint density at radius 2 is 2.12 bits per heavy atom. The topological polar surface area (TPSA) is 12.0 Å². The van der Waals surface area contributed by atoms with Gasteiger partial charge in [-0.2, -0.15) is 11.8 Å². The molecular weight excluding hydrogens is 282 g/mol. The standard InChI is InChI=1S/C13H20BrNS/c1-4-16-9-10(2)15-11(3)12-6-5-7-13(14)8-12/h5-8,10-11,15H,4,9H2,1-3H3. The van der Waals surface area contributed by atoms with Gasteiger partial charge in [-0.15, -0.1) is 0 Å². The van der Waals surface area contributed by atoms with Gasteiger partial charge in [0.15, 0.2) is 0 Å². The van der Waals surface area contributed by atoms with Crippen LogP contribution in [0.15, 0.2) is 28.7 Å². The van der Waals surface area contributed by atoms with Crippen molar-refractivity contribution in [2.45, 2.75) is 32.9 Å². The van der Waals surface area contributed by atoms with E-state index in [4.69, 9.17) is 0 Å². The summed E-state index contributed by atoms with van der Waals surface area (Å²) >= 11 is 5.49. The Morgan fingerprint density at radius 1 is 1.38 bits per heavy atom. The molecule has 2 atom stereocenters. The van der Waals surface area contributed by atoms with E-state index in [2.05, 4.69) is 66.3 Å². The lowest BCUT2D eigenvalue weighted by atomic mass is 10.1. The summed E-state index contributed by atoms with van der Waals surface area (Å²) in [4.78, 5) is 0. The molecule has 1 aromatic carbocycles. The molecule has 16 heavy (non-hydrogen) atoms. The lowest BCUT2D eigenvalue weighted by Gasteiger charge is -2.20. The number of halogens is 1. The average Bonchev–Trinajstić information content (AvgIpc) is 2.26. The highest BCUT2D eigenvalue weighted by atomic mass is 79.9. The fourth-order valence-electron chi connectivity index (χ4n) is 1.64. The van der Waals surface area contributed by atoms with Gasteiger partial charge in [-0.05, 0) is 37.3 Å². The van der Waals surface area contributed by atoms with Gasteiger partial charge in [-0.1, -0.05) is 35.0 Å². The monoisotopic (exact) mass is 301 g/mol. The van der Waals surface area contributed by atoms with Crippen LogP contribution in [0.4, 0.5) is 0 Å². The van der Waals surface area contributed by atoms with Gasteiger partial charge in [-0.25, -0.2) is 0 Å². The quantitative estimate of drug-likeness (QED) is 0.843. The van der Waals surface area contributed by atoms with E-state index in [0.717, 1.165) is 4.47 Å². The van der Waals surface area contributed by atoms with Crippen LogP contribution in [-0.2, 0) is 0 Å². The Bertz CT molecular complexity index is 317. The fraction of sp³-hybridized carbons (Fsp3) is 0.538. The third-order valence-corrected chi connectivity index (χ3v) is 4.09. The van der Waals surface area contributed by atoms with Gasteiger partial charge in [-0.3, -0.25) is 0 Å². The molecule has 0 saturated heterocycles. The highest BCUT2D eigenvalue weighted by Gasteiger charge is 2.09. The van der Waals surface area contributed by atoms with Crippen molar-refractivity contribution in [2.24, 2.45) is 0 Å². The van der Waals surface area contributed by atoms with Crippen molar-refractivity contribution in [2.75, 3.05) is 11.5 Å². The highest BCUT2D eigenvalue weighted by molar-refractivity contribution is 9.10. The third-order valence-electron chi connectivity index (χ3n) is 2.46. The van der Waals surface area contributed by atoms with Gasteiger partial charge in [0, 0.05) is 22.3 Å². The molecule has 0 spiro atoms. The SMILES string of the molecule is CCSCC(C)NC(C)c1cccc(Br)c1. The van der Waals surface area contributed by atoms with Gasteiger partial charge in [0.1, 0.15) is 0 Å². The van der Waals surface area contributed by atoms with Crippen LogP contribution in [0.2, 0.25) is 0 Å². The summed E-state index contributed by atoms with van der Waals surface area (Å²) in [6.07, 6.45) is 0. The van der Waals surface area contributed by atoms with E-state index in [-0.39, 0.29) is 0 Å². The van der Waals surface area contributed by atoms with Crippen molar-refractivity contribution >= 4 is 27.7 Å². The summed E-state index contributed by atoms with van der Waals surface area (Å²) in [5.74, 6) is 2.37. The van der Waals surface area contributed by atoms with Crippen molar-refractivity contribution in [3.05, 3.63) is 34.3 Å². The van der Waals surface area contributed by atoms with Crippen molar-refractivity contribution in [1.82, 2.24) is 5.32 Å². The minimum atomic E-state index is 0.407. The predicted molar refractivity (Wildman–Crippen MR) is 78.2 cm³/mol. The summed E-state index contributed by atoms with van der Waals surface area (Å²) in [5.41, 5.74) is 1.34. The predicted octanol–water partition coefficient (Wildman–Crippen LogP) is 4.24. The zero-order valence-electron chi connectivity index (χ0n) is 10.2. The second-order valence-corrected chi connectivity index (χ2v) is 6.24. The lowest BCUT2D eigenvalue weighted by molar-refractivity contribution is 0.511. The van der Waals surface area contributed by atoms with Crippen LogP contribution < -0.4 is 5.32 Å². The number of rotatable bonds is 6. The number of benzene rings is 1. The van der Waals surface area contributed by atoms with Gasteiger partial charge in [0.05, 0.1) is 0 Å². The largest absolute Gasteiger partial charge is 0.307 e. The molecule has 0 heterocycles. The molecule has 0 radical (unpaired) electrons. The molecular formula is C13H20BrNS. The molecule has 1 aromatic rings. The van der Waals surface area contributed by atoms with E-state index < -0.39 is 0 Å². The Kier molecular flexibility index (Phi) is 6.47. The first kappa shape index (κ1) is 14.1. The first-order chi connectivity index (χ1) is 7.63. The van der Waals surface area contributed by atoms with Crippen molar-refractivity contribution < 1.29 is 0 Å². The zero-order chi connectivity index (χ0) is 12.0. The second kappa shape index (κ2) is 7.36. The van der Waals surface area contributed by atoms with E-state index in [1.54, 1.807) is 0 Å². The number of hydrogen-bond donors (Lipinski definition) is 1. The summed E-state index contributed by atoms with van der Waals surface area (Å²) < 4.78 is 1.15. The van der Waals surface area contributed by atoms with Crippen molar-refractivity contribution in [1.29, 1.82) is 0 Å². The van der Waals surface area contributed by atoms with E-state index in [9.17, 15) is 0 Å². The van der Waals surface area contributed by atoms with E-state index in [0.29, 0.717) is 12.1 Å². The van der Waals surface area contributed by atoms with Gasteiger partial charge >= 0.3 is 0 Å². The lowest BCUT2D eigenvalue weighted by Crippen LogP contribution is -2.30. The minimum absolute atomic E-state index is 0.407. The van der Waals surface area contributed by atoms with E-state index >= 15 is 0 Å². The van der Waals surface area contributed by atoms with E-state index in [1.165, 1.54) is 17.1 Å². The maximum absolute atomic E-state index is 3.62. The van der Waals surface area contributed by atoms with Crippen molar-refractivity contribution in [3.63, 3.8) is 0 Å². The van der Waals surface area contributed by atoms with Gasteiger partial charge in [0.25, 0.3) is 0 Å². The molecule has 0 saturated carbocycles. The molecule has 3 heteroatoms. The molecule has 0 aliphatic rings. The van der Waals surface area contributed by atoms with Crippen LogP contribution >= 0.6 is 27.7 Å². The average molecular weight is 302 g/mol. The van der Waals surface area contributed by atoms with Gasteiger partial charge < -0.3 is 5.32 Å². The van der Waals surface area contributed by atoms with Crippen LogP contribution in [0.5, 0.6) is 0 Å². The van der Waals surface area contributed by atoms with Crippen LogP contribution in [0.3, 0.4) is 0 Å². The smallest absolute Gasteiger partial charge is 0.0294 e. The molecule has 0 aliphatic carbocycles. The van der Waals surface area contributed by atoms with Gasteiger partial charge in [0.2, 0.25) is 0 Å². The molecule has 90 valence electrons. The van der Waals surface area contributed by atoms with Crippen LogP contribution in [0, 0.1) is 0 Å².